The lowest BCUT2D eigenvalue weighted by molar-refractivity contribution is -0.120. The fourth-order valence-corrected chi connectivity index (χ4v) is 2.72. The van der Waals surface area contributed by atoms with Crippen molar-refractivity contribution in [1.29, 1.82) is 5.26 Å². The van der Waals surface area contributed by atoms with Crippen LogP contribution in [0.3, 0.4) is 0 Å². The summed E-state index contributed by atoms with van der Waals surface area (Å²) in [7, 11) is 0. The van der Waals surface area contributed by atoms with Crippen LogP contribution in [0.15, 0.2) is 36.4 Å². The van der Waals surface area contributed by atoms with Gasteiger partial charge in [-0.1, -0.05) is 24.3 Å². The lowest BCUT2D eigenvalue weighted by Crippen LogP contribution is -2.24. The lowest BCUT2D eigenvalue weighted by atomic mass is 10.1. The SMILES string of the molecule is Cc1ccc(C)c(OCCOc2cccc(CCNC(=O)CC#N)c2)c1C. The van der Waals surface area contributed by atoms with E-state index in [1.807, 2.05) is 37.3 Å². The molecule has 0 radical (unpaired) electrons. The van der Waals surface area contributed by atoms with E-state index in [4.69, 9.17) is 14.7 Å². The molecule has 5 nitrogen and oxygen atoms in total. The Hall–Kier alpha value is -3.00. The van der Waals surface area contributed by atoms with E-state index in [0.717, 1.165) is 28.2 Å². The molecule has 0 atom stereocenters. The predicted molar refractivity (Wildman–Crippen MR) is 105 cm³/mol. The number of hydrogen-bond donors (Lipinski definition) is 1. The molecule has 0 spiro atoms. The molecule has 0 aliphatic rings. The number of carbonyl (C=O) groups excluding carboxylic acids is 1. The largest absolute Gasteiger partial charge is 0.490 e. The summed E-state index contributed by atoms with van der Waals surface area (Å²) < 4.78 is 11.7. The number of hydrogen-bond acceptors (Lipinski definition) is 4. The van der Waals surface area contributed by atoms with Crippen LogP contribution < -0.4 is 14.8 Å². The molecule has 0 unspecified atom stereocenters. The molecule has 0 fully saturated rings. The maximum absolute atomic E-state index is 11.3. The minimum atomic E-state index is -0.246. The van der Waals surface area contributed by atoms with Crippen molar-refractivity contribution in [2.45, 2.75) is 33.6 Å². The number of amides is 1. The molecule has 0 aliphatic heterocycles. The Morgan fingerprint density at radius 2 is 1.81 bits per heavy atom. The Labute approximate surface area is 160 Å². The molecule has 0 heterocycles. The molecule has 1 amide bonds. The zero-order valence-electron chi connectivity index (χ0n) is 16.2. The van der Waals surface area contributed by atoms with E-state index in [2.05, 4.69) is 31.3 Å². The average Bonchev–Trinajstić information content (AvgIpc) is 2.65. The molecule has 0 aromatic heterocycles. The monoisotopic (exact) mass is 366 g/mol. The van der Waals surface area contributed by atoms with E-state index in [0.29, 0.717) is 26.2 Å². The van der Waals surface area contributed by atoms with Gasteiger partial charge < -0.3 is 14.8 Å². The van der Waals surface area contributed by atoms with Crippen LogP contribution in [0.5, 0.6) is 11.5 Å². The van der Waals surface area contributed by atoms with Crippen molar-refractivity contribution in [2.24, 2.45) is 0 Å². The smallest absolute Gasteiger partial charge is 0.234 e. The van der Waals surface area contributed by atoms with Crippen molar-refractivity contribution in [3.8, 4) is 17.6 Å². The topological polar surface area (TPSA) is 71.3 Å². The summed E-state index contributed by atoms with van der Waals surface area (Å²) in [5.41, 5.74) is 4.57. The van der Waals surface area contributed by atoms with Crippen molar-refractivity contribution in [2.75, 3.05) is 19.8 Å². The summed E-state index contributed by atoms with van der Waals surface area (Å²) in [4.78, 5) is 11.3. The maximum atomic E-state index is 11.3. The molecule has 142 valence electrons. The number of nitrogens with one attached hydrogen (secondary N) is 1. The molecule has 0 saturated heterocycles. The summed E-state index contributed by atoms with van der Waals surface area (Å²) in [6.07, 6.45) is 0.579. The molecule has 0 aliphatic carbocycles. The number of aryl methyl sites for hydroxylation is 2. The third-order valence-electron chi connectivity index (χ3n) is 4.35. The van der Waals surface area contributed by atoms with Gasteiger partial charge in [-0.25, -0.2) is 0 Å². The van der Waals surface area contributed by atoms with Crippen molar-refractivity contribution in [3.63, 3.8) is 0 Å². The van der Waals surface area contributed by atoms with Gasteiger partial charge in [-0.15, -0.1) is 0 Å². The van der Waals surface area contributed by atoms with E-state index in [9.17, 15) is 4.79 Å². The molecule has 1 N–H and O–H groups in total. The molecular formula is C22H26N2O3. The molecule has 27 heavy (non-hydrogen) atoms. The van der Waals surface area contributed by atoms with Gasteiger partial charge in [0.15, 0.2) is 0 Å². The van der Waals surface area contributed by atoms with Crippen LogP contribution in [-0.4, -0.2) is 25.7 Å². The van der Waals surface area contributed by atoms with Crippen molar-refractivity contribution in [1.82, 2.24) is 5.32 Å². The first-order valence-electron chi connectivity index (χ1n) is 9.06. The first-order chi connectivity index (χ1) is 13.0. The van der Waals surface area contributed by atoms with Crippen molar-refractivity contribution in [3.05, 3.63) is 58.7 Å². The summed E-state index contributed by atoms with van der Waals surface area (Å²) in [5.74, 6) is 1.46. The highest BCUT2D eigenvalue weighted by atomic mass is 16.5. The normalized spacial score (nSPS) is 10.1. The highest BCUT2D eigenvalue weighted by Gasteiger charge is 2.06. The Morgan fingerprint density at radius 1 is 1.07 bits per heavy atom. The van der Waals surface area contributed by atoms with Crippen molar-refractivity contribution >= 4 is 5.91 Å². The first-order valence-corrected chi connectivity index (χ1v) is 9.06. The molecular weight excluding hydrogens is 340 g/mol. The van der Waals surface area contributed by atoms with Gasteiger partial charge in [0.25, 0.3) is 0 Å². The number of ether oxygens (including phenoxy) is 2. The number of carbonyl (C=O) groups is 1. The maximum Gasteiger partial charge on any atom is 0.234 e. The summed E-state index contributed by atoms with van der Waals surface area (Å²) in [5, 5.41) is 11.2. The average molecular weight is 366 g/mol. The number of rotatable bonds is 9. The van der Waals surface area contributed by atoms with E-state index in [-0.39, 0.29) is 12.3 Å². The molecule has 2 rings (SSSR count). The zero-order chi connectivity index (χ0) is 19.6. The van der Waals surface area contributed by atoms with E-state index >= 15 is 0 Å². The molecule has 2 aromatic carbocycles. The van der Waals surface area contributed by atoms with Gasteiger partial charge in [0.1, 0.15) is 31.1 Å². The van der Waals surface area contributed by atoms with Gasteiger partial charge in [-0.05, 0) is 61.6 Å². The van der Waals surface area contributed by atoms with Crippen LogP contribution in [0.4, 0.5) is 0 Å². The lowest BCUT2D eigenvalue weighted by Gasteiger charge is -2.14. The Kier molecular flexibility index (Phi) is 7.69. The van der Waals surface area contributed by atoms with Crippen LogP contribution >= 0.6 is 0 Å². The number of nitriles is 1. The van der Waals surface area contributed by atoms with Crippen LogP contribution in [0, 0.1) is 32.1 Å². The van der Waals surface area contributed by atoms with Gasteiger partial charge in [0, 0.05) is 6.54 Å². The van der Waals surface area contributed by atoms with Gasteiger partial charge in [0.2, 0.25) is 5.91 Å². The second-order valence-corrected chi connectivity index (χ2v) is 6.43. The predicted octanol–water partition coefficient (Wildman–Crippen LogP) is 3.64. The fourth-order valence-electron chi connectivity index (χ4n) is 2.72. The minimum Gasteiger partial charge on any atom is -0.490 e. The quantitative estimate of drug-likeness (QED) is 0.688. The van der Waals surface area contributed by atoms with E-state index < -0.39 is 0 Å². The second-order valence-electron chi connectivity index (χ2n) is 6.43. The minimum absolute atomic E-state index is 0.108. The first kappa shape index (κ1) is 20.3. The van der Waals surface area contributed by atoms with Crippen LogP contribution in [0.25, 0.3) is 0 Å². The van der Waals surface area contributed by atoms with Gasteiger partial charge >= 0.3 is 0 Å². The Balaban J connectivity index is 1.79. The Bertz CT molecular complexity index is 825. The molecule has 0 bridgehead atoms. The molecule has 5 heteroatoms. The standard InChI is InChI=1S/C22H26N2O3/c1-16-7-8-17(2)22(18(16)3)27-14-13-26-20-6-4-5-19(15-20)10-12-24-21(25)9-11-23/h4-8,15H,9-10,12-14H2,1-3H3,(H,24,25). The zero-order valence-corrected chi connectivity index (χ0v) is 16.2. The van der Waals surface area contributed by atoms with Gasteiger partial charge in [0.05, 0.1) is 6.07 Å². The van der Waals surface area contributed by atoms with E-state index in [1.165, 1.54) is 5.56 Å². The number of benzene rings is 2. The second kappa shape index (κ2) is 10.2. The summed E-state index contributed by atoms with van der Waals surface area (Å²) >= 11 is 0. The van der Waals surface area contributed by atoms with Gasteiger partial charge in [-0.2, -0.15) is 5.26 Å². The molecule has 2 aromatic rings. The third kappa shape index (κ3) is 6.34. The fraction of sp³-hybridized carbons (Fsp3) is 0.364. The molecule has 0 saturated carbocycles. The Morgan fingerprint density at radius 3 is 2.59 bits per heavy atom. The third-order valence-corrected chi connectivity index (χ3v) is 4.35. The summed E-state index contributed by atoms with van der Waals surface area (Å²) in [6, 6.07) is 13.8. The van der Waals surface area contributed by atoms with Crippen LogP contribution in [-0.2, 0) is 11.2 Å². The van der Waals surface area contributed by atoms with E-state index in [1.54, 1.807) is 0 Å². The van der Waals surface area contributed by atoms with Crippen molar-refractivity contribution < 1.29 is 14.3 Å². The highest BCUT2D eigenvalue weighted by molar-refractivity contribution is 5.77. The highest BCUT2D eigenvalue weighted by Crippen LogP contribution is 2.25. The summed E-state index contributed by atoms with van der Waals surface area (Å²) in [6.45, 7) is 7.61. The number of nitrogens with zero attached hydrogens (tertiary/aromatic N) is 1. The van der Waals surface area contributed by atoms with Crippen LogP contribution in [0.1, 0.15) is 28.7 Å². The van der Waals surface area contributed by atoms with Crippen LogP contribution in [0.2, 0.25) is 0 Å². The van der Waals surface area contributed by atoms with Gasteiger partial charge in [-0.3, -0.25) is 4.79 Å².